The number of hydrogen-bond acceptors (Lipinski definition) is 6. The normalized spacial score (nSPS) is 20.6. The van der Waals surface area contributed by atoms with Crippen LogP contribution in [0.2, 0.25) is 0 Å². The summed E-state index contributed by atoms with van der Waals surface area (Å²) in [4.78, 5) is 6.13. The topological polar surface area (TPSA) is 45.8 Å². The monoisotopic (exact) mass is 270 g/mol. The van der Waals surface area contributed by atoms with Gasteiger partial charge in [0, 0.05) is 62.2 Å². The zero-order valence-electron chi connectivity index (χ0n) is 11.4. The van der Waals surface area contributed by atoms with Gasteiger partial charge in [0.15, 0.2) is 0 Å². The first-order chi connectivity index (χ1) is 9.73. The van der Waals surface area contributed by atoms with Crippen molar-refractivity contribution in [3.8, 4) is 0 Å². The maximum Gasteiger partial charge on any atom is 0.205 e. The number of nitrogens with one attached hydrogen (secondary N) is 3. The molecule has 104 valence electrons. The van der Waals surface area contributed by atoms with Gasteiger partial charge in [-0.2, -0.15) is 0 Å². The van der Waals surface area contributed by atoms with E-state index in [0.717, 1.165) is 19.6 Å². The molecule has 0 amide bonds. The summed E-state index contributed by atoms with van der Waals surface area (Å²) in [6.07, 6.45) is 11.6. The Labute approximate surface area is 120 Å². The predicted molar refractivity (Wildman–Crippen MR) is 74.8 cm³/mol. The zero-order valence-corrected chi connectivity index (χ0v) is 11.4. The van der Waals surface area contributed by atoms with E-state index in [4.69, 9.17) is 0 Å². The Morgan fingerprint density at radius 2 is 1.10 bits per heavy atom. The fourth-order valence-corrected chi connectivity index (χ4v) is 2.51. The maximum atomic E-state index is 3.09. The summed E-state index contributed by atoms with van der Waals surface area (Å²) < 4.78 is 0. The summed E-state index contributed by atoms with van der Waals surface area (Å²) in [5, 5.41) is 8.90. The van der Waals surface area contributed by atoms with Crippen LogP contribution in [-0.4, -0.2) is 34.3 Å². The van der Waals surface area contributed by atoms with Gasteiger partial charge in [0.25, 0.3) is 0 Å². The van der Waals surface area contributed by atoms with Crippen molar-refractivity contribution in [2.75, 3.05) is 19.6 Å². The van der Waals surface area contributed by atoms with Crippen LogP contribution in [0.1, 0.15) is 6.92 Å². The van der Waals surface area contributed by atoms with Crippen molar-refractivity contribution < 1.29 is 0 Å². The standard InChI is InChI=1S/C14H18N6/c1-14(8-18-5-2-15-11-18,9-19-6-3-16-12-19)10-20-7-4-17-13-20/h2-7,15-17H,8-10H2,1H3. The van der Waals surface area contributed by atoms with Crippen LogP contribution in [0.4, 0.5) is 0 Å². The molecule has 3 heterocycles. The van der Waals surface area contributed by atoms with Crippen molar-refractivity contribution in [3.05, 3.63) is 57.2 Å². The first-order valence-corrected chi connectivity index (χ1v) is 6.57. The molecule has 0 fully saturated rings. The van der Waals surface area contributed by atoms with Crippen LogP contribution in [0, 0.1) is 25.4 Å². The van der Waals surface area contributed by atoms with E-state index in [-0.39, 0.29) is 5.41 Å². The van der Waals surface area contributed by atoms with E-state index in [1.54, 1.807) is 0 Å². The Balaban J connectivity index is 1.64. The van der Waals surface area contributed by atoms with Gasteiger partial charge < -0.3 is 30.7 Å². The van der Waals surface area contributed by atoms with Crippen LogP contribution >= 0.6 is 0 Å². The summed E-state index contributed by atoms with van der Waals surface area (Å²) >= 11 is 0. The highest BCUT2D eigenvalue weighted by Crippen LogP contribution is 2.25. The van der Waals surface area contributed by atoms with Gasteiger partial charge in [0.05, 0.1) is 0 Å². The first kappa shape index (κ1) is 13.0. The van der Waals surface area contributed by atoms with Crippen LogP contribution in [0.15, 0.2) is 37.2 Å². The van der Waals surface area contributed by atoms with E-state index in [1.807, 2.05) is 51.9 Å². The van der Waals surface area contributed by atoms with E-state index in [1.165, 1.54) is 0 Å². The van der Waals surface area contributed by atoms with Gasteiger partial charge in [-0.15, -0.1) is 0 Å². The average Bonchev–Trinajstić information content (AvgIpc) is 3.11. The van der Waals surface area contributed by atoms with Gasteiger partial charge in [0.2, 0.25) is 20.0 Å². The van der Waals surface area contributed by atoms with Crippen molar-refractivity contribution in [3.63, 3.8) is 0 Å². The van der Waals surface area contributed by atoms with Crippen molar-refractivity contribution >= 4 is 0 Å². The molecule has 0 saturated carbocycles. The van der Waals surface area contributed by atoms with Crippen molar-refractivity contribution in [1.29, 1.82) is 0 Å². The molecule has 0 aromatic heterocycles. The van der Waals surface area contributed by atoms with E-state index < -0.39 is 0 Å². The lowest BCUT2D eigenvalue weighted by molar-refractivity contribution is 0.150. The Hall–Kier alpha value is -1.98. The molecule has 0 spiro atoms. The lowest BCUT2D eigenvalue weighted by atomic mass is 9.88. The third kappa shape index (κ3) is 3.12. The first-order valence-electron chi connectivity index (χ1n) is 6.57. The third-order valence-corrected chi connectivity index (χ3v) is 3.29. The third-order valence-electron chi connectivity index (χ3n) is 3.29. The van der Waals surface area contributed by atoms with Gasteiger partial charge in [-0.1, -0.05) is 6.92 Å². The quantitative estimate of drug-likeness (QED) is 0.637. The van der Waals surface area contributed by atoms with Gasteiger partial charge in [0.1, 0.15) is 0 Å². The van der Waals surface area contributed by atoms with Crippen LogP contribution in [-0.2, 0) is 0 Å². The zero-order chi connectivity index (χ0) is 13.8. The molecule has 6 heteroatoms. The Morgan fingerprint density at radius 1 is 0.750 bits per heavy atom. The van der Waals surface area contributed by atoms with Crippen molar-refractivity contribution in [2.45, 2.75) is 6.92 Å². The SMILES string of the molecule is CC(CN1[C]NC=C1)(CN1[C]NC=C1)CN1[C]NC=C1. The molecule has 0 saturated heterocycles. The Morgan fingerprint density at radius 3 is 1.35 bits per heavy atom. The molecule has 20 heavy (non-hydrogen) atoms. The molecule has 0 aromatic carbocycles. The fraction of sp³-hybridized carbons (Fsp3) is 0.357. The molecule has 0 aromatic rings. The summed E-state index contributed by atoms with van der Waals surface area (Å²) in [5.41, 5.74) is 0.01000. The summed E-state index contributed by atoms with van der Waals surface area (Å²) in [5.74, 6) is 0. The maximum absolute atomic E-state index is 3.09. The van der Waals surface area contributed by atoms with E-state index in [9.17, 15) is 0 Å². The molecule has 3 N–H and O–H groups in total. The van der Waals surface area contributed by atoms with Crippen molar-refractivity contribution in [1.82, 2.24) is 30.7 Å². The molecule has 0 aliphatic carbocycles. The number of rotatable bonds is 6. The van der Waals surface area contributed by atoms with Crippen molar-refractivity contribution in [2.24, 2.45) is 5.41 Å². The molecule has 6 radical (unpaired) electrons. The highest BCUT2D eigenvalue weighted by Gasteiger charge is 2.32. The van der Waals surface area contributed by atoms with E-state index in [2.05, 4.69) is 42.9 Å². The molecule has 3 aliphatic rings. The lowest BCUT2D eigenvalue weighted by Crippen LogP contribution is -2.45. The lowest BCUT2D eigenvalue weighted by Gasteiger charge is -2.38. The second-order valence-corrected chi connectivity index (χ2v) is 5.41. The molecule has 0 unspecified atom stereocenters. The second-order valence-electron chi connectivity index (χ2n) is 5.41. The molecule has 0 bridgehead atoms. The summed E-state index contributed by atoms with van der Waals surface area (Å²) in [7, 11) is 0. The molecule has 6 nitrogen and oxygen atoms in total. The minimum absolute atomic E-state index is 0.01000. The van der Waals surface area contributed by atoms with E-state index in [0.29, 0.717) is 0 Å². The van der Waals surface area contributed by atoms with Crippen LogP contribution in [0.25, 0.3) is 0 Å². The van der Waals surface area contributed by atoms with Gasteiger partial charge in [-0.25, -0.2) is 0 Å². The van der Waals surface area contributed by atoms with Gasteiger partial charge in [-0.05, 0) is 0 Å². The molecule has 3 aliphatic heterocycles. The van der Waals surface area contributed by atoms with Gasteiger partial charge in [-0.3, -0.25) is 0 Å². The molecule has 0 atom stereocenters. The second kappa shape index (κ2) is 5.56. The predicted octanol–water partition coefficient (Wildman–Crippen LogP) is 0.111. The smallest absolute Gasteiger partial charge is 0.205 e. The summed E-state index contributed by atoms with van der Waals surface area (Å²) in [6, 6.07) is 0. The number of hydrogen-bond donors (Lipinski definition) is 3. The molecular formula is C14H18N6. The average molecular weight is 270 g/mol. The minimum Gasteiger partial charge on any atom is -0.360 e. The largest absolute Gasteiger partial charge is 0.360 e. The highest BCUT2D eigenvalue weighted by atomic mass is 15.3. The fourth-order valence-electron chi connectivity index (χ4n) is 2.51. The number of nitrogens with zero attached hydrogens (tertiary/aromatic N) is 3. The highest BCUT2D eigenvalue weighted by molar-refractivity contribution is 5.03. The van der Waals surface area contributed by atoms with Gasteiger partial charge >= 0.3 is 0 Å². The Kier molecular flexibility index (Phi) is 3.62. The van der Waals surface area contributed by atoms with Crippen LogP contribution in [0.5, 0.6) is 0 Å². The van der Waals surface area contributed by atoms with Crippen LogP contribution in [0.3, 0.4) is 0 Å². The Bertz CT molecular complexity index is 356. The molecular weight excluding hydrogens is 252 g/mol. The van der Waals surface area contributed by atoms with Crippen LogP contribution < -0.4 is 16.0 Å². The minimum atomic E-state index is 0.01000. The van der Waals surface area contributed by atoms with E-state index >= 15 is 0 Å². The molecule has 3 rings (SSSR count). The summed E-state index contributed by atoms with van der Waals surface area (Å²) in [6.45, 7) is 14.1.